The Labute approximate surface area is 91.1 Å². The highest BCUT2D eigenvalue weighted by atomic mass is 79.9. The Morgan fingerprint density at radius 2 is 2.07 bits per heavy atom. The van der Waals surface area contributed by atoms with Crippen LogP contribution in [-0.2, 0) is 0 Å². The number of nitrogens with two attached hydrogens (primary N) is 1. The predicted molar refractivity (Wildman–Crippen MR) is 48.9 cm³/mol. The first-order chi connectivity index (χ1) is 6.89. The number of hydrogen-bond donors (Lipinski definition) is 1. The van der Waals surface area contributed by atoms with Gasteiger partial charge in [-0.05, 0) is 12.1 Å². The minimum Gasteiger partial charge on any atom is -0.395 e. The van der Waals surface area contributed by atoms with E-state index in [1.54, 1.807) is 0 Å². The Balaban J connectivity index is 2.58. The van der Waals surface area contributed by atoms with Crippen molar-refractivity contribution in [2.75, 3.05) is 0 Å². The summed E-state index contributed by atoms with van der Waals surface area (Å²) in [5, 5.41) is 0. The fourth-order valence-electron chi connectivity index (χ4n) is 1.20. The lowest BCUT2D eigenvalue weighted by atomic mass is 10.2. The standard InChI is InChI=1S/C8H4BrF2NO3/c9-3-1-4(7(12)13)6-5(2-3)14-8(10,11)15-6/h1-2H,(H2,12,13). The van der Waals surface area contributed by atoms with Crippen LogP contribution in [0.3, 0.4) is 0 Å². The zero-order valence-electron chi connectivity index (χ0n) is 7.09. The molecule has 80 valence electrons. The second-order valence-corrected chi connectivity index (χ2v) is 3.73. The van der Waals surface area contributed by atoms with Gasteiger partial charge >= 0.3 is 6.29 Å². The first kappa shape index (κ1) is 10.2. The topological polar surface area (TPSA) is 61.6 Å². The van der Waals surface area contributed by atoms with E-state index in [4.69, 9.17) is 5.73 Å². The molecule has 4 nitrogen and oxygen atoms in total. The summed E-state index contributed by atoms with van der Waals surface area (Å²) in [6.45, 7) is 0. The Bertz CT molecular complexity index is 450. The Kier molecular flexibility index (Phi) is 2.07. The van der Waals surface area contributed by atoms with Crippen LogP contribution in [0.25, 0.3) is 0 Å². The third-order valence-electron chi connectivity index (χ3n) is 1.73. The van der Waals surface area contributed by atoms with Gasteiger partial charge in [0, 0.05) is 4.47 Å². The van der Waals surface area contributed by atoms with Gasteiger partial charge < -0.3 is 15.2 Å². The first-order valence-electron chi connectivity index (χ1n) is 3.78. The van der Waals surface area contributed by atoms with Crippen molar-refractivity contribution < 1.29 is 23.0 Å². The molecule has 1 aromatic carbocycles. The number of hydrogen-bond acceptors (Lipinski definition) is 3. The number of carbonyl (C=O) groups is 1. The minimum atomic E-state index is -3.76. The highest BCUT2D eigenvalue weighted by Crippen LogP contribution is 2.44. The smallest absolute Gasteiger partial charge is 0.395 e. The van der Waals surface area contributed by atoms with Gasteiger partial charge in [-0.1, -0.05) is 15.9 Å². The zero-order chi connectivity index (χ0) is 11.2. The molecule has 2 rings (SSSR count). The average molecular weight is 280 g/mol. The van der Waals surface area contributed by atoms with Crippen LogP contribution in [0.15, 0.2) is 16.6 Å². The minimum absolute atomic E-state index is 0.156. The van der Waals surface area contributed by atoms with E-state index in [0.29, 0.717) is 4.47 Å². The lowest BCUT2D eigenvalue weighted by Crippen LogP contribution is -2.26. The van der Waals surface area contributed by atoms with Crippen molar-refractivity contribution in [1.29, 1.82) is 0 Å². The van der Waals surface area contributed by atoms with Crippen molar-refractivity contribution in [3.8, 4) is 11.5 Å². The summed E-state index contributed by atoms with van der Waals surface area (Å²) in [4.78, 5) is 10.9. The quantitative estimate of drug-likeness (QED) is 0.854. The summed E-state index contributed by atoms with van der Waals surface area (Å²) >= 11 is 3.03. The van der Waals surface area contributed by atoms with E-state index in [9.17, 15) is 13.6 Å². The van der Waals surface area contributed by atoms with Crippen LogP contribution in [0.5, 0.6) is 11.5 Å². The first-order valence-corrected chi connectivity index (χ1v) is 4.57. The van der Waals surface area contributed by atoms with Crippen molar-refractivity contribution in [3.05, 3.63) is 22.2 Å². The molecular weight excluding hydrogens is 276 g/mol. The largest absolute Gasteiger partial charge is 0.586 e. The van der Waals surface area contributed by atoms with Crippen LogP contribution in [0.1, 0.15) is 10.4 Å². The molecule has 0 aromatic heterocycles. The molecule has 1 amide bonds. The molecule has 0 unspecified atom stereocenters. The maximum absolute atomic E-state index is 12.7. The number of halogens is 3. The molecule has 1 aromatic rings. The van der Waals surface area contributed by atoms with Crippen LogP contribution >= 0.6 is 15.9 Å². The molecule has 0 radical (unpaired) electrons. The SMILES string of the molecule is NC(=O)c1cc(Br)cc2c1OC(F)(F)O2. The number of fused-ring (bicyclic) bond motifs is 1. The Hall–Kier alpha value is -1.37. The fraction of sp³-hybridized carbons (Fsp3) is 0.125. The van der Waals surface area contributed by atoms with Crippen LogP contribution < -0.4 is 15.2 Å². The number of amides is 1. The number of primary amides is 1. The molecule has 0 saturated heterocycles. The van der Waals surface area contributed by atoms with E-state index < -0.39 is 12.2 Å². The second kappa shape index (κ2) is 3.06. The molecular formula is C8H4BrF2NO3. The van der Waals surface area contributed by atoms with Gasteiger partial charge in [0.1, 0.15) is 0 Å². The summed E-state index contributed by atoms with van der Waals surface area (Å²) in [5.74, 6) is -1.42. The summed E-state index contributed by atoms with van der Waals surface area (Å²) in [5.41, 5.74) is 4.85. The number of benzene rings is 1. The van der Waals surface area contributed by atoms with Crippen molar-refractivity contribution in [1.82, 2.24) is 0 Å². The zero-order valence-corrected chi connectivity index (χ0v) is 8.68. The molecule has 15 heavy (non-hydrogen) atoms. The van der Waals surface area contributed by atoms with Gasteiger partial charge in [-0.2, -0.15) is 0 Å². The molecule has 0 atom stereocenters. The monoisotopic (exact) mass is 279 g/mol. The van der Waals surface area contributed by atoms with Gasteiger partial charge in [0.2, 0.25) is 0 Å². The average Bonchev–Trinajstić information content (AvgIpc) is 2.36. The van der Waals surface area contributed by atoms with Gasteiger partial charge in [-0.3, -0.25) is 4.79 Å². The molecule has 0 saturated carbocycles. The van der Waals surface area contributed by atoms with E-state index >= 15 is 0 Å². The van der Waals surface area contributed by atoms with Crippen molar-refractivity contribution in [2.45, 2.75) is 6.29 Å². The molecule has 2 N–H and O–H groups in total. The maximum Gasteiger partial charge on any atom is 0.586 e. The van der Waals surface area contributed by atoms with E-state index in [2.05, 4.69) is 25.4 Å². The van der Waals surface area contributed by atoms with Gasteiger partial charge in [0.15, 0.2) is 11.5 Å². The second-order valence-electron chi connectivity index (χ2n) is 2.81. The molecule has 0 bridgehead atoms. The molecule has 1 heterocycles. The normalized spacial score (nSPS) is 16.5. The van der Waals surface area contributed by atoms with Crippen LogP contribution in [0.2, 0.25) is 0 Å². The predicted octanol–water partition coefficient (Wildman–Crippen LogP) is 1.87. The van der Waals surface area contributed by atoms with Crippen molar-refractivity contribution >= 4 is 21.8 Å². The highest BCUT2D eigenvalue weighted by Gasteiger charge is 2.45. The number of carbonyl (C=O) groups excluding carboxylic acids is 1. The molecule has 0 aliphatic carbocycles. The summed E-state index contributed by atoms with van der Waals surface area (Å²) in [6.07, 6.45) is -3.76. The highest BCUT2D eigenvalue weighted by molar-refractivity contribution is 9.10. The number of ether oxygens (including phenoxy) is 2. The summed E-state index contributed by atoms with van der Waals surface area (Å²) in [6, 6.07) is 2.55. The molecule has 1 aliphatic rings. The fourth-order valence-corrected chi connectivity index (χ4v) is 1.64. The van der Waals surface area contributed by atoms with E-state index in [1.165, 1.54) is 12.1 Å². The van der Waals surface area contributed by atoms with Crippen molar-refractivity contribution in [2.24, 2.45) is 5.73 Å². The maximum atomic E-state index is 12.7. The lowest BCUT2D eigenvalue weighted by molar-refractivity contribution is -0.286. The number of rotatable bonds is 1. The Morgan fingerprint density at radius 1 is 1.40 bits per heavy atom. The molecule has 1 aliphatic heterocycles. The molecule has 0 spiro atoms. The summed E-state index contributed by atoms with van der Waals surface area (Å²) in [7, 11) is 0. The third-order valence-corrected chi connectivity index (χ3v) is 2.19. The van der Waals surface area contributed by atoms with Gasteiger partial charge in [-0.15, -0.1) is 8.78 Å². The third kappa shape index (κ3) is 1.74. The van der Waals surface area contributed by atoms with Crippen LogP contribution in [-0.4, -0.2) is 12.2 Å². The van der Waals surface area contributed by atoms with Gasteiger partial charge in [0.05, 0.1) is 5.56 Å². The van der Waals surface area contributed by atoms with Crippen LogP contribution in [0.4, 0.5) is 8.78 Å². The van der Waals surface area contributed by atoms with Crippen LogP contribution in [0, 0.1) is 0 Å². The lowest BCUT2D eigenvalue weighted by Gasteiger charge is -2.05. The van der Waals surface area contributed by atoms with E-state index in [-0.39, 0.29) is 17.1 Å². The van der Waals surface area contributed by atoms with E-state index in [0.717, 1.165) is 0 Å². The molecule has 7 heteroatoms. The Morgan fingerprint density at radius 3 is 2.67 bits per heavy atom. The number of alkyl halides is 2. The molecule has 0 fully saturated rings. The van der Waals surface area contributed by atoms with Crippen molar-refractivity contribution in [3.63, 3.8) is 0 Å². The van der Waals surface area contributed by atoms with Gasteiger partial charge in [-0.25, -0.2) is 0 Å². The summed E-state index contributed by atoms with van der Waals surface area (Å²) < 4.78 is 34.1. The van der Waals surface area contributed by atoms with Gasteiger partial charge in [0.25, 0.3) is 5.91 Å². The van der Waals surface area contributed by atoms with E-state index in [1.807, 2.05) is 0 Å².